The second-order valence-electron chi connectivity index (χ2n) is 3.27. The summed E-state index contributed by atoms with van der Waals surface area (Å²) in [5, 5.41) is 4.36. The van der Waals surface area contributed by atoms with Crippen LogP contribution in [-0.4, -0.2) is 29.5 Å². The SMILES string of the molecule is CC1(C)CN=C(SCCN)N1. The molecule has 0 spiro atoms. The van der Waals surface area contributed by atoms with Crippen molar-refractivity contribution in [1.82, 2.24) is 5.32 Å². The molecule has 1 aliphatic rings. The summed E-state index contributed by atoms with van der Waals surface area (Å²) in [6.07, 6.45) is 0. The molecule has 0 aromatic carbocycles. The van der Waals surface area contributed by atoms with E-state index in [1.54, 1.807) is 11.8 Å². The molecule has 0 aliphatic carbocycles. The molecule has 0 amide bonds. The van der Waals surface area contributed by atoms with Gasteiger partial charge in [0.25, 0.3) is 0 Å². The van der Waals surface area contributed by atoms with E-state index < -0.39 is 0 Å². The number of nitrogens with zero attached hydrogens (tertiary/aromatic N) is 1. The molecule has 0 aromatic rings. The van der Waals surface area contributed by atoms with Gasteiger partial charge in [-0.2, -0.15) is 0 Å². The first-order chi connectivity index (χ1) is 5.14. The van der Waals surface area contributed by atoms with Crippen LogP contribution in [0.1, 0.15) is 13.8 Å². The fraction of sp³-hybridized carbons (Fsp3) is 0.857. The minimum absolute atomic E-state index is 0.150. The Hall–Kier alpha value is -0.220. The monoisotopic (exact) mass is 173 g/mol. The number of hydrogen-bond acceptors (Lipinski definition) is 4. The zero-order chi connectivity index (χ0) is 8.32. The lowest BCUT2D eigenvalue weighted by atomic mass is 10.1. The third kappa shape index (κ3) is 2.71. The van der Waals surface area contributed by atoms with E-state index in [4.69, 9.17) is 5.73 Å². The second kappa shape index (κ2) is 3.45. The van der Waals surface area contributed by atoms with Gasteiger partial charge in [0.1, 0.15) is 0 Å². The molecule has 3 nitrogen and oxygen atoms in total. The van der Waals surface area contributed by atoms with Crippen LogP contribution in [0.3, 0.4) is 0 Å². The van der Waals surface area contributed by atoms with Crippen molar-refractivity contribution in [2.24, 2.45) is 10.7 Å². The van der Waals surface area contributed by atoms with E-state index in [0.717, 1.165) is 17.5 Å². The van der Waals surface area contributed by atoms with E-state index in [1.807, 2.05) is 0 Å². The van der Waals surface area contributed by atoms with Crippen LogP contribution in [0.25, 0.3) is 0 Å². The maximum absolute atomic E-state index is 5.37. The first-order valence-electron chi connectivity index (χ1n) is 3.79. The number of hydrogen-bond donors (Lipinski definition) is 2. The number of aliphatic imine (C=N–C) groups is 1. The number of nitrogens with two attached hydrogens (primary N) is 1. The average molecular weight is 173 g/mol. The molecule has 0 aromatic heterocycles. The molecule has 64 valence electrons. The van der Waals surface area contributed by atoms with Gasteiger partial charge in [0, 0.05) is 12.3 Å². The molecule has 1 rings (SSSR count). The Bertz CT molecular complexity index is 165. The lowest BCUT2D eigenvalue weighted by Crippen LogP contribution is -2.38. The van der Waals surface area contributed by atoms with Gasteiger partial charge in [0.2, 0.25) is 0 Å². The second-order valence-corrected chi connectivity index (χ2v) is 4.35. The summed E-state index contributed by atoms with van der Waals surface area (Å²) in [6, 6.07) is 0. The van der Waals surface area contributed by atoms with Crippen LogP contribution < -0.4 is 11.1 Å². The van der Waals surface area contributed by atoms with Crippen LogP contribution in [0.2, 0.25) is 0 Å². The number of rotatable bonds is 2. The predicted molar refractivity (Wildman–Crippen MR) is 51.0 cm³/mol. The maximum Gasteiger partial charge on any atom is 0.157 e. The summed E-state index contributed by atoms with van der Waals surface area (Å²) in [4.78, 5) is 4.34. The van der Waals surface area contributed by atoms with Crippen molar-refractivity contribution >= 4 is 16.9 Å². The Morgan fingerprint density at radius 2 is 2.45 bits per heavy atom. The standard InChI is InChI=1S/C7H15N3S/c1-7(2)5-9-6(10-7)11-4-3-8/h3-5,8H2,1-2H3,(H,9,10). The quantitative estimate of drug-likeness (QED) is 0.636. The Balaban J connectivity index is 2.29. The molecule has 11 heavy (non-hydrogen) atoms. The highest BCUT2D eigenvalue weighted by molar-refractivity contribution is 8.13. The van der Waals surface area contributed by atoms with Crippen LogP contribution in [0.5, 0.6) is 0 Å². The molecule has 0 unspecified atom stereocenters. The van der Waals surface area contributed by atoms with Crippen molar-refractivity contribution in [1.29, 1.82) is 0 Å². The molecule has 0 fully saturated rings. The van der Waals surface area contributed by atoms with Gasteiger partial charge in [0.05, 0.1) is 12.1 Å². The number of amidine groups is 1. The summed E-state index contributed by atoms with van der Waals surface area (Å²) in [5.41, 5.74) is 5.52. The predicted octanol–water partition coefficient (Wildman–Crippen LogP) is 0.416. The number of nitrogens with one attached hydrogen (secondary N) is 1. The molecule has 1 aliphatic heterocycles. The topological polar surface area (TPSA) is 50.4 Å². The van der Waals surface area contributed by atoms with Crippen LogP contribution >= 0.6 is 11.8 Å². The third-order valence-corrected chi connectivity index (χ3v) is 2.36. The normalized spacial score (nSPS) is 21.2. The zero-order valence-corrected chi connectivity index (χ0v) is 7.87. The highest BCUT2D eigenvalue weighted by atomic mass is 32.2. The summed E-state index contributed by atoms with van der Waals surface area (Å²) in [6.45, 7) is 5.88. The fourth-order valence-corrected chi connectivity index (χ4v) is 1.69. The average Bonchev–Trinajstić information content (AvgIpc) is 2.26. The summed E-state index contributed by atoms with van der Waals surface area (Å²) < 4.78 is 0. The van der Waals surface area contributed by atoms with Gasteiger partial charge in [0.15, 0.2) is 5.17 Å². The van der Waals surface area contributed by atoms with Crippen molar-refractivity contribution < 1.29 is 0 Å². The first-order valence-corrected chi connectivity index (χ1v) is 4.78. The lowest BCUT2D eigenvalue weighted by Gasteiger charge is -2.17. The number of thioether (sulfide) groups is 1. The minimum atomic E-state index is 0.150. The molecule has 0 atom stereocenters. The fourth-order valence-electron chi connectivity index (χ4n) is 0.875. The van der Waals surface area contributed by atoms with Crippen molar-refractivity contribution in [3.8, 4) is 0 Å². The Labute approximate surface area is 71.8 Å². The largest absolute Gasteiger partial charge is 0.358 e. The van der Waals surface area contributed by atoms with Crippen molar-refractivity contribution in [2.45, 2.75) is 19.4 Å². The van der Waals surface area contributed by atoms with E-state index in [0.29, 0.717) is 6.54 Å². The van der Waals surface area contributed by atoms with E-state index >= 15 is 0 Å². The van der Waals surface area contributed by atoms with Crippen LogP contribution in [0.4, 0.5) is 0 Å². The van der Waals surface area contributed by atoms with Crippen molar-refractivity contribution in [3.05, 3.63) is 0 Å². The molecular formula is C7H15N3S. The minimum Gasteiger partial charge on any atom is -0.358 e. The summed E-state index contributed by atoms with van der Waals surface area (Å²) >= 11 is 1.70. The van der Waals surface area contributed by atoms with E-state index in [-0.39, 0.29) is 5.54 Å². The molecule has 4 heteroatoms. The Kier molecular flexibility index (Phi) is 2.78. The summed E-state index contributed by atoms with van der Waals surface area (Å²) in [5.74, 6) is 0.946. The van der Waals surface area contributed by atoms with Gasteiger partial charge < -0.3 is 11.1 Å². The smallest absolute Gasteiger partial charge is 0.157 e. The van der Waals surface area contributed by atoms with Crippen LogP contribution in [-0.2, 0) is 0 Å². The summed E-state index contributed by atoms with van der Waals surface area (Å²) in [7, 11) is 0. The molecule has 0 bridgehead atoms. The molecule has 0 saturated heterocycles. The van der Waals surface area contributed by atoms with Crippen molar-refractivity contribution in [3.63, 3.8) is 0 Å². The first kappa shape index (κ1) is 8.87. The van der Waals surface area contributed by atoms with Gasteiger partial charge in [-0.1, -0.05) is 11.8 Å². The molecule has 3 N–H and O–H groups in total. The van der Waals surface area contributed by atoms with Gasteiger partial charge in [-0.3, -0.25) is 4.99 Å². The highest BCUT2D eigenvalue weighted by Gasteiger charge is 2.24. The van der Waals surface area contributed by atoms with Gasteiger partial charge in [-0.15, -0.1) is 0 Å². The van der Waals surface area contributed by atoms with Gasteiger partial charge >= 0.3 is 0 Å². The lowest BCUT2D eigenvalue weighted by molar-refractivity contribution is 0.508. The molecule has 0 radical (unpaired) electrons. The Morgan fingerprint density at radius 1 is 1.73 bits per heavy atom. The van der Waals surface area contributed by atoms with E-state index in [1.165, 1.54) is 0 Å². The van der Waals surface area contributed by atoms with Gasteiger partial charge in [-0.05, 0) is 13.8 Å². The van der Waals surface area contributed by atoms with E-state index in [9.17, 15) is 0 Å². The molecular weight excluding hydrogens is 158 g/mol. The van der Waals surface area contributed by atoms with E-state index in [2.05, 4.69) is 24.2 Å². The molecule has 0 saturated carbocycles. The maximum atomic E-state index is 5.37. The van der Waals surface area contributed by atoms with Crippen LogP contribution in [0.15, 0.2) is 4.99 Å². The van der Waals surface area contributed by atoms with Crippen LogP contribution in [0, 0.1) is 0 Å². The molecule has 1 heterocycles. The van der Waals surface area contributed by atoms with Crippen molar-refractivity contribution in [2.75, 3.05) is 18.8 Å². The van der Waals surface area contributed by atoms with Gasteiger partial charge in [-0.25, -0.2) is 0 Å². The Morgan fingerprint density at radius 3 is 2.91 bits per heavy atom. The highest BCUT2D eigenvalue weighted by Crippen LogP contribution is 2.14. The zero-order valence-electron chi connectivity index (χ0n) is 7.05. The third-order valence-electron chi connectivity index (χ3n) is 1.42.